The number of carbonyl (C=O) groups excluding carboxylic acids is 1. The first-order valence-corrected chi connectivity index (χ1v) is 21.0. The molecule has 1 fully saturated rings. The van der Waals surface area contributed by atoms with Crippen molar-refractivity contribution in [3.63, 3.8) is 0 Å². The molecule has 0 spiro atoms. The van der Waals surface area contributed by atoms with Crippen molar-refractivity contribution in [2.45, 2.75) is 79.0 Å². The molecule has 2 aliphatic rings. The molecule has 1 aliphatic heterocycles. The second kappa shape index (κ2) is 17.9. The van der Waals surface area contributed by atoms with Gasteiger partial charge in [-0.05, 0) is 123 Å². The molecule has 0 bridgehead atoms. The minimum atomic E-state index is -1.00. The van der Waals surface area contributed by atoms with Crippen LogP contribution in [0.15, 0.2) is 108 Å². The zero-order valence-corrected chi connectivity index (χ0v) is 35.7. The van der Waals surface area contributed by atoms with Gasteiger partial charge in [0.2, 0.25) is 5.62 Å². The highest BCUT2D eigenvalue weighted by molar-refractivity contribution is 6.30. The molecule has 1 aliphatic carbocycles. The number of halogens is 1. The van der Waals surface area contributed by atoms with Gasteiger partial charge >= 0.3 is 12.1 Å². The highest BCUT2D eigenvalue weighted by atomic mass is 35.5. The first kappa shape index (κ1) is 41.8. The average Bonchev–Trinajstić information content (AvgIpc) is 3.47. The predicted molar refractivity (Wildman–Crippen MR) is 235 cm³/mol. The largest absolute Gasteiger partial charge is 0.494 e. The van der Waals surface area contributed by atoms with Crippen LogP contribution in [-0.2, 0) is 17.8 Å². The molecule has 1 amide bonds. The zero-order valence-electron chi connectivity index (χ0n) is 34.9. The third kappa shape index (κ3) is 10.7. The maximum Gasteiger partial charge on any atom is 0.437 e. The molecule has 1 aromatic heterocycles. The summed E-state index contributed by atoms with van der Waals surface area (Å²) >= 11 is 6.25. The quantitative estimate of drug-likeness (QED) is 0.125. The van der Waals surface area contributed by atoms with Gasteiger partial charge < -0.3 is 28.6 Å². The fraction of sp³-hybridized carbons (Fsp3) is 0.396. The summed E-state index contributed by atoms with van der Waals surface area (Å²) in [5.74, 6) is -0.511. The molecule has 2 heterocycles. The highest BCUT2D eigenvalue weighted by Gasteiger charge is 2.29. The number of piperazine rings is 1. The number of imidazole rings is 1. The molecule has 0 radical (unpaired) electrons. The van der Waals surface area contributed by atoms with Gasteiger partial charge in [0, 0.05) is 50.0 Å². The van der Waals surface area contributed by atoms with Crippen molar-refractivity contribution < 1.29 is 24.2 Å². The number of hydrogen-bond acceptors (Lipinski definition) is 6. The van der Waals surface area contributed by atoms with Gasteiger partial charge in [-0.3, -0.25) is 4.90 Å². The number of anilines is 1. The van der Waals surface area contributed by atoms with Crippen LogP contribution in [-0.4, -0.2) is 76.1 Å². The summed E-state index contributed by atoms with van der Waals surface area (Å²) in [4.78, 5) is 34.4. The number of benzene rings is 4. The van der Waals surface area contributed by atoms with Crippen LogP contribution < -0.4 is 15.3 Å². The van der Waals surface area contributed by atoms with Crippen molar-refractivity contribution in [1.82, 2.24) is 14.0 Å². The van der Waals surface area contributed by atoms with E-state index in [1.165, 1.54) is 35.4 Å². The van der Waals surface area contributed by atoms with E-state index in [0.29, 0.717) is 42.9 Å². The smallest absolute Gasteiger partial charge is 0.437 e. The van der Waals surface area contributed by atoms with E-state index in [1.807, 2.05) is 55.7 Å². The number of carboxylic acid groups (broad SMARTS) is 1. The third-order valence-corrected chi connectivity index (χ3v) is 11.4. The number of rotatable bonds is 12. The number of carboxylic acids is 1. The monoisotopic (exact) mass is 817 g/mol. The first-order chi connectivity index (χ1) is 28.2. The van der Waals surface area contributed by atoms with Crippen LogP contribution in [0.1, 0.15) is 81.8 Å². The molecule has 0 saturated carbocycles. The molecule has 59 heavy (non-hydrogen) atoms. The van der Waals surface area contributed by atoms with Crippen molar-refractivity contribution in [1.29, 1.82) is 0 Å². The Morgan fingerprint density at radius 2 is 1.56 bits per heavy atom. The van der Waals surface area contributed by atoms with Crippen molar-refractivity contribution in [2.75, 3.05) is 44.2 Å². The molecule has 11 heteroatoms. The second-order valence-corrected chi connectivity index (χ2v) is 18.0. The molecular formula is C48H56ClN5O5. The highest BCUT2D eigenvalue weighted by Crippen LogP contribution is 2.43. The Kier molecular flexibility index (Phi) is 12.7. The lowest BCUT2D eigenvalue weighted by Gasteiger charge is -2.39. The number of aromatic nitrogens is 2. The molecule has 4 aromatic carbocycles. The topological polar surface area (TPSA) is 102 Å². The lowest BCUT2D eigenvalue weighted by molar-refractivity contribution is 0.0592. The van der Waals surface area contributed by atoms with E-state index in [-0.39, 0.29) is 5.56 Å². The Morgan fingerprint density at radius 1 is 0.847 bits per heavy atom. The van der Waals surface area contributed by atoms with Crippen LogP contribution in [0.2, 0.25) is 5.02 Å². The fourth-order valence-corrected chi connectivity index (χ4v) is 8.43. The molecule has 0 atom stereocenters. The fourth-order valence-electron chi connectivity index (χ4n) is 8.31. The lowest BCUT2D eigenvalue weighted by atomic mass is 9.73. The van der Waals surface area contributed by atoms with Crippen LogP contribution >= 0.6 is 11.6 Å². The maximum atomic E-state index is 13.3. The number of nitrogens with zero attached hydrogens (tertiary/aromatic N) is 5. The Labute approximate surface area is 352 Å². The standard InChI is InChI=1S/C48H56ClN5O5/c1-47(2,3)59-46(57)50-45-53(23-10-28-58-40-14-9-12-36(30-40)44(55)56)42-15-6-7-16-43(42)54(45)32-34-11-8-13-39(29-34)52-26-24-51(25-27-52)33-37-31-48(4,5)22-21-41(37)35-17-19-38(49)20-18-35/h6-9,11-20,29-30H,10,21-28,31-33H2,1-5H3,(H,55,56)/b50-45+. The number of fused-ring (bicyclic) bond motifs is 1. The number of carbonyl (C=O) groups is 2. The first-order valence-electron chi connectivity index (χ1n) is 20.7. The molecule has 10 nitrogen and oxygen atoms in total. The van der Waals surface area contributed by atoms with Crippen molar-refractivity contribution in [3.8, 4) is 5.75 Å². The zero-order chi connectivity index (χ0) is 41.7. The predicted octanol–water partition coefficient (Wildman–Crippen LogP) is 9.93. The van der Waals surface area contributed by atoms with E-state index in [1.54, 1.807) is 17.7 Å². The van der Waals surface area contributed by atoms with Gasteiger partial charge in [0.15, 0.2) is 0 Å². The van der Waals surface area contributed by atoms with E-state index in [0.717, 1.165) is 67.2 Å². The van der Waals surface area contributed by atoms with E-state index in [2.05, 4.69) is 75.7 Å². The number of hydrogen-bond donors (Lipinski definition) is 1. The van der Waals surface area contributed by atoms with Crippen molar-refractivity contribution in [2.24, 2.45) is 10.4 Å². The number of ether oxygens (including phenoxy) is 2. The van der Waals surface area contributed by atoms with Gasteiger partial charge in [0.1, 0.15) is 11.4 Å². The Hall–Kier alpha value is -5.32. The Bertz CT molecular complexity index is 2400. The minimum Gasteiger partial charge on any atom is -0.494 e. The summed E-state index contributed by atoms with van der Waals surface area (Å²) in [7, 11) is 0. The van der Waals surface area contributed by atoms with Crippen molar-refractivity contribution >= 4 is 46.0 Å². The Morgan fingerprint density at radius 3 is 2.27 bits per heavy atom. The van der Waals surface area contributed by atoms with Crippen LogP contribution in [0, 0.1) is 5.41 Å². The average molecular weight is 818 g/mol. The minimum absolute atomic E-state index is 0.172. The van der Waals surface area contributed by atoms with Gasteiger partial charge in [-0.15, -0.1) is 4.99 Å². The van der Waals surface area contributed by atoms with Gasteiger partial charge in [0.05, 0.1) is 29.7 Å². The Balaban J connectivity index is 1.09. The summed E-state index contributed by atoms with van der Waals surface area (Å²) in [5.41, 5.74) is 8.76. The lowest BCUT2D eigenvalue weighted by Crippen LogP contribution is -2.47. The molecule has 0 unspecified atom stereocenters. The molecule has 310 valence electrons. The van der Waals surface area contributed by atoms with Gasteiger partial charge in [0.25, 0.3) is 0 Å². The number of aryl methyl sites for hydroxylation is 1. The molecule has 1 saturated heterocycles. The van der Waals surface area contributed by atoms with Gasteiger partial charge in [-0.2, -0.15) is 0 Å². The molecule has 5 aromatic rings. The SMILES string of the molecule is CC1(C)CCC(c2ccc(Cl)cc2)=C(CN2CCN(c3cccc(Cn4/c(=N/C(=O)OC(C)(C)C)n(CCCOc5cccc(C(=O)O)c5)c5ccccc54)c3)CC2)C1. The summed E-state index contributed by atoms with van der Waals surface area (Å²) in [6, 6.07) is 31.6. The summed E-state index contributed by atoms with van der Waals surface area (Å²) in [5, 5.41) is 10.2. The van der Waals surface area contributed by atoms with Crippen LogP contribution in [0.4, 0.5) is 10.5 Å². The number of allylic oxidation sites excluding steroid dienone is 1. The summed E-state index contributed by atoms with van der Waals surface area (Å²) < 4.78 is 15.8. The van der Waals surface area contributed by atoms with Crippen LogP contribution in [0.5, 0.6) is 5.75 Å². The number of para-hydroxylation sites is 2. The van der Waals surface area contributed by atoms with E-state index in [4.69, 9.17) is 21.1 Å². The van der Waals surface area contributed by atoms with Gasteiger partial charge in [-0.25, -0.2) is 9.59 Å². The summed E-state index contributed by atoms with van der Waals surface area (Å²) in [6.45, 7) is 16.5. The molecular weight excluding hydrogens is 762 g/mol. The van der Waals surface area contributed by atoms with Crippen LogP contribution in [0.3, 0.4) is 0 Å². The molecule has 1 N–H and O–H groups in total. The second-order valence-electron chi connectivity index (χ2n) is 17.5. The van der Waals surface area contributed by atoms with Crippen LogP contribution in [0.25, 0.3) is 16.6 Å². The van der Waals surface area contributed by atoms with E-state index < -0.39 is 17.7 Å². The van der Waals surface area contributed by atoms with E-state index >= 15 is 0 Å². The number of amides is 1. The van der Waals surface area contributed by atoms with Gasteiger partial charge in [-0.1, -0.05) is 73.5 Å². The summed E-state index contributed by atoms with van der Waals surface area (Å²) in [6.07, 6.45) is 3.33. The molecule has 7 rings (SSSR count). The van der Waals surface area contributed by atoms with Crippen molar-refractivity contribution in [3.05, 3.63) is 130 Å². The normalized spacial score (nSPS) is 16.4. The third-order valence-electron chi connectivity index (χ3n) is 11.2. The number of aromatic carboxylic acids is 1. The maximum absolute atomic E-state index is 13.3. The van der Waals surface area contributed by atoms with E-state index in [9.17, 15) is 14.7 Å².